The number of halogens is 4. The van der Waals surface area contributed by atoms with Crippen LogP contribution in [0.2, 0.25) is 0 Å². The lowest BCUT2D eigenvalue weighted by molar-refractivity contribution is -0.124. The number of carbonyl (C=O) groups is 1. The zero-order valence-electron chi connectivity index (χ0n) is 15.7. The van der Waals surface area contributed by atoms with Crippen LogP contribution in [0.5, 0.6) is 0 Å². The molecule has 4 nitrogen and oxygen atoms in total. The summed E-state index contributed by atoms with van der Waals surface area (Å²) in [5.74, 6) is 0.722. The molecule has 0 unspecified atom stereocenters. The summed E-state index contributed by atoms with van der Waals surface area (Å²) in [4.78, 5) is 11.7. The van der Waals surface area contributed by atoms with Crippen LogP contribution in [0.4, 0.5) is 17.6 Å². The Morgan fingerprint density at radius 2 is 1.79 bits per heavy atom. The van der Waals surface area contributed by atoms with Gasteiger partial charge in [0, 0.05) is 41.0 Å². The van der Waals surface area contributed by atoms with E-state index in [0.717, 1.165) is 37.8 Å². The molecule has 1 aromatic heterocycles. The summed E-state index contributed by atoms with van der Waals surface area (Å²) >= 11 is 0. The van der Waals surface area contributed by atoms with Crippen LogP contribution < -0.4 is 0 Å². The number of hydrogen-bond acceptors (Lipinski definition) is 4. The minimum absolute atomic E-state index is 0.0110. The number of ketones is 1. The number of Topliss-reactive ketones (excluding diaryl/α,β-unsaturated/α-hetero) is 1. The molecule has 1 heterocycles. The molecule has 2 fully saturated rings. The van der Waals surface area contributed by atoms with Gasteiger partial charge in [-0.1, -0.05) is 23.4 Å². The highest BCUT2D eigenvalue weighted by molar-refractivity contribution is 5.79. The van der Waals surface area contributed by atoms with Crippen molar-refractivity contribution in [3.63, 3.8) is 0 Å². The monoisotopic (exact) mass is 411 g/mol. The fourth-order valence-electron chi connectivity index (χ4n) is 3.88. The Labute approximate surface area is 165 Å². The maximum Gasteiger partial charge on any atom is 0.264 e. The molecule has 2 saturated carbocycles. The van der Waals surface area contributed by atoms with Crippen LogP contribution >= 0.6 is 0 Å². The molecule has 2 aliphatic carbocycles. The van der Waals surface area contributed by atoms with Gasteiger partial charge in [0.2, 0.25) is 0 Å². The number of alkyl halides is 4. The summed E-state index contributed by atoms with van der Waals surface area (Å²) in [5, 5.41) is 3.92. The summed E-state index contributed by atoms with van der Waals surface area (Å²) in [6, 6.07) is 3.45. The van der Waals surface area contributed by atoms with Gasteiger partial charge in [-0.05, 0) is 25.7 Å². The second kappa shape index (κ2) is 8.26. The molecule has 0 saturated heterocycles. The summed E-state index contributed by atoms with van der Waals surface area (Å²) in [6.07, 6.45) is -2.13. The third kappa shape index (κ3) is 4.22. The molecule has 0 radical (unpaired) electrons. The number of carbonyl (C=O) groups excluding carboxylic acids is 1. The maximum absolute atomic E-state index is 13.6. The molecule has 2 aromatic rings. The number of nitrogens with zero attached hydrogens (tertiary/aromatic N) is 1. The Bertz CT molecular complexity index is 866. The average molecular weight is 411 g/mol. The lowest BCUT2D eigenvalue weighted by Crippen LogP contribution is -2.22. The van der Waals surface area contributed by atoms with Gasteiger partial charge in [0.1, 0.15) is 17.2 Å². The Kier molecular flexibility index (Phi) is 5.72. The molecule has 29 heavy (non-hydrogen) atoms. The van der Waals surface area contributed by atoms with E-state index in [9.17, 15) is 22.4 Å². The molecule has 0 aliphatic heterocycles. The van der Waals surface area contributed by atoms with Crippen LogP contribution in [-0.4, -0.2) is 17.0 Å². The molecule has 4 rings (SSSR count). The minimum atomic E-state index is -2.94. The molecule has 8 heteroatoms. The van der Waals surface area contributed by atoms with E-state index in [4.69, 9.17) is 9.26 Å². The Morgan fingerprint density at radius 3 is 2.38 bits per heavy atom. The number of ether oxygens (including phenoxy) is 1. The molecule has 0 spiro atoms. The molecule has 156 valence electrons. The molecular formula is C21H21F4NO3. The fourth-order valence-corrected chi connectivity index (χ4v) is 3.88. The van der Waals surface area contributed by atoms with Crippen molar-refractivity contribution in [2.24, 2.45) is 0 Å². The first-order chi connectivity index (χ1) is 14.0. The standard InChI is InChI=1S/C21H21F4NO3/c22-20(23)14-5-2-6-15(21(24)25)17(14)18-16(19(29-26-18)11-7-8-11)10-28-13-4-1-3-12(27)9-13/h2,5-6,11,13,20-21H,1,3-4,7-10H2/t13-/m0/s1. The quantitative estimate of drug-likeness (QED) is 0.515. The van der Waals surface area contributed by atoms with Crippen LogP contribution in [0.3, 0.4) is 0 Å². The molecule has 1 atom stereocenters. The van der Waals surface area contributed by atoms with Crippen LogP contribution in [0.1, 0.15) is 79.7 Å². The van der Waals surface area contributed by atoms with Crippen molar-refractivity contribution in [1.29, 1.82) is 0 Å². The molecule has 0 bridgehead atoms. The Morgan fingerprint density at radius 1 is 1.10 bits per heavy atom. The van der Waals surface area contributed by atoms with Crippen LogP contribution in [-0.2, 0) is 16.1 Å². The van der Waals surface area contributed by atoms with Crippen LogP contribution in [0.25, 0.3) is 11.3 Å². The van der Waals surface area contributed by atoms with Gasteiger partial charge in [-0.2, -0.15) is 0 Å². The summed E-state index contributed by atoms with van der Waals surface area (Å²) in [7, 11) is 0. The Balaban J connectivity index is 1.72. The minimum Gasteiger partial charge on any atom is -0.373 e. The number of hydrogen-bond donors (Lipinski definition) is 0. The second-order valence-electron chi connectivity index (χ2n) is 7.63. The predicted molar refractivity (Wildman–Crippen MR) is 95.9 cm³/mol. The molecule has 2 aliphatic rings. The highest BCUT2D eigenvalue weighted by Gasteiger charge is 2.35. The highest BCUT2D eigenvalue weighted by Crippen LogP contribution is 2.46. The van der Waals surface area contributed by atoms with Gasteiger partial charge in [-0.25, -0.2) is 17.6 Å². The van der Waals surface area contributed by atoms with Gasteiger partial charge in [0.05, 0.1) is 12.7 Å². The van der Waals surface area contributed by atoms with Gasteiger partial charge >= 0.3 is 0 Å². The second-order valence-corrected chi connectivity index (χ2v) is 7.63. The van der Waals surface area contributed by atoms with Gasteiger partial charge in [-0.3, -0.25) is 4.79 Å². The molecule has 0 N–H and O–H groups in total. The van der Waals surface area contributed by atoms with E-state index in [0.29, 0.717) is 24.2 Å². The third-order valence-corrected chi connectivity index (χ3v) is 5.50. The average Bonchev–Trinajstić information content (AvgIpc) is 3.45. The smallest absolute Gasteiger partial charge is 0.264 e. The summed E-state index contributed by atoms with van der Waals surface area (Å²) in [5.41, 5.74) is -0.882. The van der Waals surface area contributed by atoms with Crippen molar-refractivity contribution in [3.8, 4) is 11.3 Å². The zero-order chi connectivity index (χ0) is 20.5. The normalized spacial score (nSPS) is 20.1. The summed E-state index contributed by atoms with van der Waals surface area (Å²) < 4.78 is 65.8. The predicted octanol–water partition coefficient (Wildman–Crippen LogP) is 6.12. The highest BCUT2D eigenvalue weighted by atomic mass is 19.3. The molecule has 0 amide bonds. The van der Waals surface area contributed by atoms with Crippen LogP contribution in [0.15, 0.2) is 22.7 Å². The van der Waals surface area contributed by atoms with Gasteiger partial charge in [0.25, 0.3) is 12.9 Å². The first-order valence-corrected chi connectivity index (χ1v) is 9.77. The zero-order valence-corrected chi connectivity index (χ0v) is 15.7. The van der Waals surface area contributed by atoms with E-state index in [1.54, 1.807) is 0 Å². The largest absolute Gasteiger partial charge is 0.373 e. The van der Waals surface area contributed by atoms with Crippen molar-refractivity contribution in [1.82, 2.24) is 5.16 Å². The SMILES string of the molecule is O=C1CCC[C@H](OCc2c(-c3c(C(F)F)cccc3C(F)F)noc2C2CC2)C1. The van der Waals surface area contributed by atoms with E-state index in [1.807, 2.05) is 0 Å². The van der Waals surface area contributed by atoms with Crippen molar-refractivity contribution in [2.75, 3.05) is 0 Å². The lowest BCUT2D eigenvalue weighted by atomic mass is 9.94. The van der Waals surface area contributed by atoms with E-state index in [1.165, 1.54) is 6.07 Å². The molecular weight excluding hydrogens is 390 g/mol. The first-order valence-electron chi connectivity index (χ1n) is 9.77. The maximum atomic E-state index is 13.6. The number of rotatable bonds is 7. The first kappa shape index (κ1) is 20.1. The van der Waals surface area contributed by atoms with Crippen LogP contribution in [0, 0.1) is 0 Å². The van der Waals surface area contributed by atoms with Crippen molar-refractivity contribution in [2.45, 2.75) is 70.0 Å². The lowest BCUT2D eigenvalue weighted by Gasteiger charge is -2.21. The fraction of sp³-hybridized carbons (Fsp3) is 0.524. The third-order valence-electron chi connectivity index (χ3n) is 5.50. The van der Waals surface area contributed by atoms with Crippen molar-refractivity contribution < 1.29 is 31.6 Å². The van der Waals surface area contributed by atoms with E-state index in [2.05, 4.69) is 5.16 Å². The van der Waals surface area contributed by atoms with E-state index in [-0.39, 0.29) is 35.7 Å². The van der Waals surface area contributed by atoms with E-state index < -0.39 is 24.0 Å². The van der Waals surface area contributed by atoms with Crippen molar-refractivity contribution >= 4 is 5.78 Å². The topological polar surface area (TPSA) is 52.3 Å². The molecule has 1 aromatic carbocycles. The van der Waals surface area contributed by atoms with Gasteiger partial charge < -0.3 is 9.26 Å². The van der Waals surface area contributed by atoms with E-state index >= 15 is 0 Å². The number of benzene rings is 1. The Hall–Kier alpha value is -2.22. The number of aromatic nitrogens is 1. The van der Waals surface area contributed by atoms with Crippen molar-refractivity contribution in [3.05, 3.63) is 40.6 Å². The van der Waals surface area contributed by atoms with Gasteiger partial charge in [-0.15, -0.1) is 0 Å². The van der Waals surface area contributed by atoms with Gasteiger partial charge in [0.15, 0.2) is 0 Å². The summed E-state index contributed by atoms with van der Waals surface area (Å²) in [6.45, 7) is -0.0110.